The minimum atomic E-state index is -0.314. The van der Waals surface area contributed by atoms with E-state index >= 15 is 0 Å². The van der Waals surface area contributed by atoms with Gasteiger partial charge in [-0.1, -0.05) is 29.5 Å². The summed E-state index contributed by atoms with van der Waals surface area (Å²) < 4.78 is 17.2. The maximum atomic E-state index is 13.8. The molecule has 8 heteroatoms. The molecular weight excluding hydrogens is 359 g/mol. The van der Waals surface area contributed by atoms with Gasteiger partial charge in [0.15, 0.2) is 5.69 Å². The van der Waals surface area contributed by atoms with Gasteiger partial charge in [0, 0.05) is 18.8 Å². The molecule has 0 aliphatic rings. The number of carbonyl (C=O) groups excluding carboxylic acids is 1. The molecule has 3 aromatic heterocycles. The second-order valence-corrected chi connectivity index (χ2v) is 6.63. The predicted octanol–water partition coefficient (Wildman–Crippen LogP) is 2.69. The number of rotatable bonds is 5. The van der Waals surface area contributed by atoms with Crippen LogP contribution in [0.15, 0.2) is 54.9 Å². The van der Waals surface area contributed by atoms with Crippen LogP contribution in [0.5, 0.6) is 0 Å². The van der Waals surface area contributed by atoms with Gasteiger partial charge >= 0.3 is 0 Å². The summed E-state index contributed by atoms with van der Waals surface area (Å²) >= 11 is 0. The van der Waals surface area contributed by atoms with Crippen molar-refractivity contribution in [2.45, 2.75) is 20.0 Å². The Hall–Kier alpha value is -3.55. The van der Waals surface area contributed by atoms with Gasteiger partial charge in [0.1, 0.15) is 11.5 Å². The van der Waals surface area contributed by atoms with Crippen molar-refractivity contribution in [3.8, 4) is 0 Å². The van der Waals surface area contributed by atoms with Crippen LogP contribution in [0.3, 0.4) is 0 Å². The topological polar surface area (TPSA) is 68.3 Å². The molecule has 0 aliphatic carbocycles. The lowest BCUT2D eigenvalue weighted by Crippen LogP contribution is -2.27. The highest BCUT2D eigenvalue weighted by molar-refractivity contribution is 5.91. The predicted molar refractivity (Wildman–Crippen MR) is 101 cm³/mol. The van der Waals surface area contributed by atoms with Gasteiger partial charge in [-0.3, -0.25) is 4.79 Å². The molecule has 3 heterocycles. The third kappa shape index (κ3) is 3.36. The summed E-state index contributed by atoms with van der Waals surface area (Å²) in [5, 5.41) is 7.91. The van der Waals surface area contributed by atoms with Crippen LogP contribution in [0.1, 0.15) is 27.4 Å². The van der Waals surface area contributed by atoms with Crippen LogP contribution in [0.4, 0.5) is 4.39 Å². The van der Waals surface area contributed by atoms with Crippen LogP contribution in [-0.2, 0) is 13.1 Å². The Morgan fingerprint density at radius 2 is 1.96 bits per heavy atom. The fourth-order valence-corrected chi connectivity index (χ4v) is 3.12. The smallest absolute Gasteiger partial charge is 0.276 e. The average Bonchev–Trinajstić information content (AvgIpc) is 3.28. The van der Waals surface area contributed by atoms with Crippen LogP contribution in [0, 0.1) is 12.7 Å². The Morgan fingerprint density at radius 3 is 2.79 bits per heavy atom. The maximum Gasteiger partial charge on any atom is 0.276 e. The van der Waals surface area contributed by atoms with Gasteiger partial charge < -0.3 is 9.30 Å². The van der Waals surface area contributed by atoms with Gasteiger partial charge in [-0.05, 0) is 25.1 Å². The number of benzene rings is 1. The SMILES string of the molecule is Cc1nc2ccccn2c1CN(C)C(=O)c1cn(Cc2ccccc2F)nn1. The van der Waals surface area contributed by atoms with Crippen LogP contribution in [0.25, 0.3) is 5.65 Å². The molecule has 28 heavy (non-hydrogen) atoms. The molecule has 0 unspecified atom stereocenters. The first-order valence-electron chi connectivity index (χ1n) is 8.84. The number of carbonyl (C=O) groups is 1. The van der Waals surface area contributed by atoms with Crippen molar-refractivity contribution in [2.24, 2.45) is 0 Å². The minimum Gasteiger partial charge on any atom is -0.334 e. The number of halogens is 1. The van der Waals surface area contributed by atoms with Crippen molar-refractivity contribution in [1.82, 2.24) is 29.3 Å². The summed E-state index contributed by atoms with van der Waals surface area (Å²) in [6, 6.07) is 12.2. The molecular formula is C20H19FN6O. The molecule has 1 amide bonds. The maximum absolute atomic E-state index is 13.8. The molecule has 7 nitrogen and oxygen atoms in total. The molecule has 0 spiro atoms. The summed E-state index contributed by atoms with van der Waals surface area (Å²) in [7, 11) is 1.71. The second-order valence-electron chi connectivity index (χ2n) is 6.63. The number of fused-ring (bicyclic) bond motifs is 1. The molecule has 0 radical (unpaired) electrons. The van der Waals surface area contributed by atoms with E-state index in [2.05, 4.69) is 15.3 Å². The number of imidazole rings is 1. The van der Waals surface area contributed by atoms with Gasteiger partial charge in [0.05, 0.1) is 30.7 Å². The lowest BCUT2D eigenvalue weighted by Gasteiger charge is -2.16. The molecule has 4 rings (SSSR count). The van der Waals surface area contributed by atoms with Crippen LogP contribution < -0.4 is 0 Å². The summed E-state index contributed by atoms with van der Waals surface area (Å²) in [5.74, 6) is -0.573. The molecule has 0 saturated heterocycles. The monoisotopic (exact) mass is 378 g/mol. The second kappa shape index (κ2) is 7.22. The van der Waals surface area contributed by atoms with Gasteiger partial charge in [0.2, 0.25) is 0 Å². The number of pyridine rings is 1. The Kier molecular flexibility index (Phi) is 4.60. The first-order chi connectivity index (χ1) is 13.5. The number of nitrogens with zero attached hydrogens (tertiary/aromatic N) is 6. The van der Waals surface area contributed by atoms with Crippen molar-refractivity contribution >= 4 is 11.6 Å². The summed E-state index contributed by atoms with van der Waals surface area (Å²) in [6.07, 6.45) is 3.46. The Morgan fingerprint density at radius 1 is 1.18 bits per heavy atom. The molecule has 4 aromatic rings. The van der Waals surface area contributed by atoms with Crippen molar-refractivity contribution in [1.29, 1.82) is 0 Å². The Bertz CT molecular complexity index is 1150. The van der Waals surface area contributed by atoms with E-state index in [1.54, 1.807) is 30.1 Å². The summed E-state index contributed by atoms with van der Waals surface area (Å²) in [6.45, 7) is 2.52. The van der Waals surface area contributed by atoms with Gasteiger partial charge in [-0.25, -0.2) is 14.1 Å². The number of aryl methyl sites for hydroxylation is 1. The Labute approximate surface area is 161 Å². The standard InChI is InChI=1S/C20H19FN6O/c1-14-18(27-10-6-5-9-19(27)22-14)13-25(2)20(28)17-12-26(24-23-17)11-15-7-3-4-8-16(15)21/h3-10,12H,11,13H2,1-2H3. The van der Waals surface area contributed by atoms with Crippen molar-refractivity contribution < 1.29 is 9.18 Å². The summed E-state index contributed by atoms with van der Waals surface area (Å²) in [5.41, 5.74) is 3.34. The van der Waals surface area contributed by atoms with E-state index in [9.17, 15) is 9.18 Å². The van der Waals surface area contributed by atoms with E-state index in [1.807, 2.05) is 35.7 Å². The van der Waals surface area contributed by atoms with Gasteiger partial charge in [-0.15, -0.1) is 5.10 Å². The zero-order valence-electron chi connectivity index (χ0n) is 15.6. The van der Waals surface area contributed by atoms with E-state index in [1.165, 1.54) is 16.9 Å². The highest BCUT2D eigenvalue weighted by Crippen LogP contribution is 2.15. The van der Waals surface area contributed by atoms with E-state index in [-0.39, 0.29) is 24.0 Å². The third-order valence-electron chi connectivity index (χ3n) is 4.61. The lowest BCUT2D eigenvalue weighted by molar-refractivity contribution is 0.0777. The third-order valence-corrected chi connectivity index (χ3v) is 4.61. The van der Waals surface area contributed by atoms with Crippen molar-refractivity contribution in [3.05, 3.63) is 83.3 Å². The minimum absolute atomic E-state index is 0.211. The zero-order chi connectivity index (χ0) is 19.7. The van der Waals surface area contributed by atoms with Crippen molar-refractivity contribution in [3.63, 3.8) is 0 Å². The first-order valence-corrected chi connectivity index (χ1v) is 8.84. The molecule has 0 N–H and O–H groups in total. The average molecular weight is 378 g/mol. The molecule has 0 saturated carbocycles. The molecule has 0 fully saturated rings. The van der Waals surface area contributed by atoms with Crippen LogP contribution in [0.2, 0.25) is 0 Å². The number of hydrogen-bond donors (Lipinski definition) is 0. The molecule has 0 atom stereocenters. The zero-order valence-corrected chi connectivity index (χ0v) is 15.6. The van der Waals surface area contributed by atoms with E-state index in [0.717, 1.165) is 17.0 Å². The normalized spacial score (nSPS) is 11.1. The Balaban J connectivity index is 1.51. The largest absolute Gasteiger partial charge is 0.334 e. The summed E-state index contributed by atoms with van der Waals surface area (Å²) in [4.78, 5) is 18.8. The fraction of sp³-hybridized carbons (Fsp3) is 0.200. The van der Waals surface area contributed by atoms with E-state index in [4.69, 9.17) is 0 Å². The van der Waals surface area contributed by atoms with Gasteiger partial charge in [0.25, 0.3) is 5.91 Å². The molecule has 0 bridgehead atoms. The number of aromatic nitrogens is 5. The van der Waals surface area contributed by atoms with Crippen molar-refractivity contribution in [2.75, 3.05) is 7.05 Å². The molecule has 142 valence electrons. The highest BCUT2D eigenvalue weighted by Gasteiger charge is 2.19. The highest BCUT2D eigenvalue weighted by atomic mass is 19.1. The molecule has 0 aliphatic heterocycles. The van der Waals surface area contributed by atoms with Crippen LogP contribution >= 0.6 is 0 Å². The molecule has 1 aromatic carbocycles. The van der Waals surface area contributed by atoms with E-state index < -0.39 is 0 Å². The fourth-order valence-electron chi connectivity index (χ4n) is 3.12. The number of hydrogen-bond acceptors (Lipinski definition) is 4. The van der Waals surface area contributed by atoms with Gasteiger partial charge in [-0.2, -0.15) is 0 Å². The van der Waals surface area contributed by atoms with Crippen LogP contribution in [-0.4, -0.2) is 42.2 Å². The van der Waals surface area contributed by atoms with E-state index in [0.29, 0.717) is 12.1 Å². The number of amides is 1. The quantitative estimate of drug-likeness (QED) is 0.535. The first kappa shape index (κ1) is 17.8. The lowest BCUT2D eigenvalue weighted by atomic mass is 10.2.